The summed E-state index contributed by atoms with van der Waals surface area (Å²) in [5.41, 5.74) is 1.71. The van der Waals surface area contributed by atoms with Gasteiger partial charge in [-0.3, -0.25) is 10.1 Å². The number of benzene rings is 2. The average molecular weight is 358 g/mol. The van der Waals surface area contributed by atoms with Crippen LogP contribution in [-0.4, -0.2) is 16.1 Å². The minimum atomic E-state index is -0.198. The summed E-state index contributed by atoms with van der Waals surface area (Å²) in [6.45, 7) is 0. The summed E-state index contributed by atoms with van der Waals surface area (Å²) in [5, 5.41) is 10.4. The van der Waals surface area contributed by atoms with Crippen LogP contribution in [0.4, 0.5) is 6.01 Å². The van der Waals surface area contributed by atoms with E-state index in [-0.39, 0.29) is 18.3 Å². The highest BCUT2D eigenvalue weighted by atomic mass is 79.9. The Morgan fingerprint density at radius 1 is 1.09 bits per heavy atom. The first-order chi connectivity index (χ1) is 10.7. The van der Waals surface area contributed by atoms with Gasteiger partial charge in [-0.05, 0) is 23.8 Å². The van der Waals surface area contributed by atoms with Crippen molar-refractivity contribution in [3.05, 3.63) is 64.6 Å². The van der Waals surface area contributed by atoms with Crippen LogP contribution in [0.2, 0.25) is 0 Å². The Morgan fingerprint density at radius 2 is 1.91 bits per heavy atom. The van der Waals surface area contributed by atoms with Gasteiger partial charge >= 0.3 is 6.01 Å². The number of amides is 1. The van der Waals surface area contributed by atoms with E-state index in [2.05, 4.69) is 31.4 Å². The molecule has 0 radical (unpaired) electrons. The number of hydrogen-bond donors (Lipinski definition) is 1. The fourth-order valence-electron chi connectivity index (χ4n) is 1.96. The third-order valence-corrected chi connectivity index (χ3v) is 3.44. The normalized spacial score (nSPS) is 10.4. The molecule has 0 saturated heterocycles. The third-order valence-electron chi connectivity index (χ3n) is 2.95. The molecule has 1 aromatic heterocycles. The summed E-state index contributed by atoms with van der Waals surface area (Å²) in [5.74, 6) is 0.159. The van der Waals surface area contributed by atoms with E-state index in [1.807, 2.05) is 54.6 Å². The maximum absolute atomic E-state index is 11.9. The topological polar surface area (TPSA) is 68.0 Å². The van der Waals surface area contributed by atoms with Gasteiger partial charge < -0.3 is 4.42 Å². The van der Waals surface area contributed by atoms with Gasteiger partial charge in [0, 0.05) is 10.0 Å². The lowest BCUT2D eigenvalue weighted by atomic mass is 10.1. The highest BCUT2D eigenvalue weighted by Crippen LogP contribution is 2.23. The molecular weight excluding hydrogens is 346 g/mol. The van der Waals surface area contributed by atoms with Gasteiger partial charge in [-0.25, -0.2) is 0 Å². The van der Waals surface area contributed by atoms with Crippen molar-refractivity contribution >= 4 is 27.9 Å². The van der Waals surface area contributed by atoms with E-state index < -0.39 is 0 Å². The van der Waals surface area contributed by atoms with Crippen LogP contribution in [0.5, 0.6) is 0 Å². The van der Waals surface area contributed by atoms with Gasteiger partial charge in [-0.1, -0.05) is 57.4 Å². The van der Waals surface area contributed by atoms with Crippen molar-refractivity contribution in [1.29, 1.82) is 0 Å². The number of rotatable bonds is 4. The highest BCUT2D eigenvalue weighted by Gasteiger charge is 2.11. The molecule has 3 aromatic rings. The van der Waals surface area contributed by atoms with E-state index in [4.69, 9.17) is 4.42 Å². The zero-order chi connectivity index (χ0) is 15.4. The van der Waals surface area contributed by atoms with Crippen molar-refractivity contribution in [1.82, 2.24) is 10.2 Å². The summed E-state index contributed by atoms with van der Waals surface area (Å²) in [6.07, 6.45) is 0.259. The van der Waals surface area contributed by atoms with E-state index >= 15 is 0 Å². The van der Waals surface area contributed by atoms with Gasteiger partial charge in [-0.15, -0.1) is 5.10 Å². The Kier molecular flexibility index (Phi) is 4.29. The molecule has 0 aliphatic rings. The molecule has 2 aromatic carbocycles. The first-order valence-electron chi connectivity index (χ1n) is 6.64. The summed E-state index contributed by atoms with van der Waals surface area (Å²) in [7, 11) is 0. The Hall–Kier alpha value is -2.47. The molecule has 5 nitrogen and oxygen atoms in total. The predicted octanol–water partition coefficient (Wildman–Crippen LogP) is 3.68. The Morgan fingerprint density at radius 3 is 2.68 bits per heavy atom. The number of anilines is 1. The van der Waals surface area contributed by atoms with Crippen LogP contribution in [0.25, 0.3) is 11.5 Å². The molecule has 0 fully saturated rings. The van der Waals surface area contributed by atoms with Gasteiger partial charge in [0.2, 0.25) is 11.8 Å². The van der Waals surface area contributed by atoms with Crippen molar-refractivity contribution in [2.24, 2.45) is 0 Å². The molecule has 6 heteroatoms. The fourth-order valence-corrected chi connectivity index (χ4v) is 2.36. The first-order valence-corrected chi connectivity index (χ1v) is 7.43. The Bertz CT molecular complexity index is 787. The van der Waals surface area contributed by atoms with Crippen molar-refractivity contribution in [2.75, 3.05) is 5.32 Å². The second kappa shape index (κ2) is 6.53. The van der Waals surface area contributed by atoms with Gasteiger partial charge in [0.05, 0.1) is 6.42 Å². The number of nitrogens with zero attached hydrogens (tertiary/aromatic N) is 2. The molecule has 0 aliphatic heterocycles. The van der Waals surface area contributed by atoms with Crippen LogP contribution in [0, 0.1) is 0 Å². The number of carbonyl (C=O) groups excluding carboxylic acids is 1. The zero-order valence-corrected chi connectivity index (χ0v) is 13.1. The van der Waals surface area contributed by atoms with Gasteiger partial charge in [0.1, 0.15) is 0 Å². The lowest BCUT2D eigenvalue weighted by Crippen LogP contribution is -2.14. The minimum absolute atomic E-state index is 0.0934. The number of halogens is 1. The molecule has 0 aliphatic carbocycles. The van der Waals surface area contributed by atoms with Crippen LogP contribution in [0.3, 0.4) is 0 Å². The van der Waals surface area contributed by atoms with Crippen LogP contribution in [0.1, 0.15) is 5.56 Å². The Balaban J connectivity index is 1.68. The fraction of sp³-hybridized carbons (Fsp3) is 0.0625. The largest absolute Gasteiger partial charge is 0.403 e. The molecule has 0 unspecified atom stereocenters. The minimum Gasteiger partial charge on any atom is -0.403 e. The molecule has 110 valence electrons. The summed E-state index contributed by atoms with van der Waals surface area (Å²) in [6, 6.07) is 17.1. The van der Waals surface area contributed by atoms with Crippen LogP contribution < -0.4 is 5.32 Å². The summed E-state index contributed by atoms with van der Waals surface area (Å²) >= 11 is 3.38. The molecule has 1 N–H and O–H groups in total. The van der Waals surface area contributed by atoms with Crippen molar-refractivity contribution in [3.8, 4) is 11.5 Å². The van der Waals surface area contributed by atoms with Crippen molar-refractivity contribution < 1.29 is 9.21 Å². The van der Waals surface area contributed by atoms with Crippen LogP contribution in [-0.2, 0) is 11.2 Å². The monoisotopic (exact) mass is 357 g/mol. The van der Waals surface area contributed by atoms with Crippen LogP contribution in [0.15, 0.2) is 63.5 Å². The third kappa shape index (κ3) is 3.59. The second-order valence-electron chi connectivity index (χ2n) is 4.63. The lowest BCUT2D eigenvalue weighted by molar-refractivity contribution is -0.115. The van der Waals surface area contributed by atoms with E-state index in [0.717, 1.165) is 15.6 Å². The summed E-state index contributed by atoms with van der Waals surface area (Å²) in [4.78, 5) is 11.9. The lowest BCUT2D eigenvalue weighted by Gasteiger charge is -2.00. The van der Waals surface area contributed by atoms with E-state index in [0.29, 0.717) is 5.89 Å². The zero-order valence-electron chi connectivity index (χ0n) is 11.5. The van der Waals surface area contributed by atoms with E-state index in [1.54, 1.807) is 0 Å². The first kappa shape index (κ1) is 14.5. The van der Waals surface area contributed by atoms with Crippen LogP contribution >= 0.6 is 15.9 Å². The van der Waals surface area contributed by atoms with Crippen molar-refractivity contribution in [3.63, 3.8) is 0 Å². The maximum Gasteiger partial charge on any atom is 0.322 e. The van der Waals surface area contributed by atoms with E-state index in [1.165, 1.54) is 0 Å². The molecule has 1 heterocycles. The number of aromatic nitrogens is 2. The summed E-state index contributed by atoms with van der Waals surface area (Å²) < 4.78 is 6.37. The van der Waals surface area contributed by atoms with Gasteiger partial charge in [0.15, 0.2) is 0 Å². The highest BCUT2D eigenvalue weighted by molar-refractivity contribution is 9.10. The standard InChI is InChI=1S/C16H12BrN3O2/c17-13-8-4-7-12(10-13)15-19-20-16(22-15)18-14(21)9-11-5-2-1-3-6-11/h1-8,10H,9H2,(H,18,20,21). The smallest absolute Gasteiger partial charge is 0.322 e. The quantitative estimate of drug-likeness (QED) is 0.773. The number of hydrogen-bond acceptors (Lipinski definition) is 4. The van der Waals surface area contributed by atoms with Gasteiger partial charge in [0.25, 0.3) is 0 Å². The number of carbonyl (C=O) groups is 1. The SMILES string of the molecule is O=C(Cc1ccccc1)Nc1nnc(-c2cccc(Br)c2)o1. The van der Waals surface area contributed by atoms with E-state index in [9.17, 15) is 4.79 Å². The molecule has 0 bridgehead atoms. The molecule has 22 heavy (non-hydrogen) atoms. The molecule has 3 rings (SSSR count). The molecule has 1 amide bonds. The number of nitrogens with one attached hydrogen (secondary N) is 1. The molecule has 0 spiro atoms. The van der Waals surface area contributed by atoms with Gasteiger partial charge in [-0.2, -0.15) is 0 Å². The molecular formula is C16H12BrN3O2. The maximum atomic E-state index is 11.9. The molecule has 0 atom stereocenters. The second-order valence-corrected chi connectivity index (χ2v) is 5.55. The average Bonchev–Trinajstić information content (AvgIpc) is 2.96. The van der Waals surface area contributed by atoms with Crippen molar-refractivity contribution in [2.45, 2.75) is 6.42 Å². The predicted molar refractivity (Wildman–Crippen MR) is 86.2 cm³/mol. The molecule has 0 saturated carbocycles. The Labute approximate surface area is 135 Å².